The van der Waals surface area contributed by atoms with Crippen LogP contribution in [-0.4, -0.2) is 50.8 Å². The lowest BCUT2D eigenvalue weighted by Gasteiger charge is -2.33. The minimum atomic E-state index is -0.843. The molecule has 0 aromatic heterocycles. The fourth-order valence-electron chi connectivity index (χ4n) is 3.82. The van der Waals surface area contributed by atoms with Gasteiger partial charge in [-0.3, -0.25) is 4.79 Å². The molecule has 26 heavy (non-hydrogen) atoms. The largest absolute Gasteiger partial charge is 0.379 e. The van der Waals surface area contributed by atoms with E-state index >= 15 is 0 Å². The molecule has 3 atom stereocenters. The van der Waals surface area contributed by atoms with Crippen LogP contribution in [0.15, 0.2) is 18.2 Å². The molecule has 1 heterocycles. The van der Waals surface area contributed by atoms with E-state index in [0.29, 0.717) is 31.1 Å². The van der Waals surface area contributed by atoms with E-state index < -0.39 is 23.1 Å². The molecule has 8 heteroatoms. The van der Waals surface area contributed by atoms with Gasteiger partial charge in [0.25, 0.3) is 5.91 Å². The summed E-state index contributed by atoms with van der Waals surface area (Å²) in [5.74, 6) is -1.89. The first-order chi connectivity index (χ1) is 12.2. The molecule has 0 bridgehead atoms. The van der Waals surface area contributed by atoms with E-state index in [1.54, 1.807) is 0 Å². The molecule has 1 aromatic rings. The molecule has 1 amide bonds. The summed E-state index contributed by atoms with van der Waals surface area (Å²) in [5.41, 5.74) is -0.523. The van der Waals surface area contributed by atoms with Crippen molar-refractivity contribution in [3.63, 3.8) is 0 Å². The summed E-state index contributed by atoms with van der Waals surface area (Å²) < 4.78 is 32.7. The third kappa shape index (κ3) is 5.13. The molecule has 3 N–H and O–H groups in total. The molecule has 2 fully saturated rings. The van der Waals surface area contributed by atoms with Gasteiger partial charge in [-0.1, -0.05) is 12.5 Å². The smallest absolute Gasteiger partial charge is 0.257 e. The Hall–Kier alpha value is -1.28. The van der Waals surface area contributed by atoms with Crippen LogP contribution in [0.25, 0.3) is 0 Å². The second-order valence-corrected chi connectivity index (χ2v) is 6.64. The molecule has 146 valence electrons. The second kappa shape index (κ2) is 10.2. The maximum absolute atomic E-state index is 13.6. The van der Waals surface area contributed by atoms with Crippen LogP contribution in [-0.2, 0) is 4.74 Å². The third-order valence-electron chi connectivity index (χ3n) is 5.04. The van der Waals surface area contributed by atoms with Crippen molar-refractivity contribution in [2.75, 3.05) is 32.8 Å². The van der Waals surface area contributed by atoms with Crippen molar-refractivity contribution in [2.24, 2.45) is 5.92 Å². The van der Waals surface area contributed by atoms with Gasteiger partial charge >= 0.3 is 0 Å². The van der Waals surface area contributed by atoms with Crippen molar-refractivity contribution in [2.45, 2.75) is 31.3 Å². The standard InChI is InChI=1S/C18H25F2N3O2.ClH/c19-13-4-2-5-14(20)17(13)18(24)23-8-7-21-15-6-1-3-12(15)16-11-25-10-9-22-16;/h2,4-5,12,15-16,21-22H,1,3,6-11H2,(H,23,24);1H. The van der Waals surface area contributed by atoms with Gasteiger partial charge in [-0.15, -0.1) is 12.4 Å². The van der Waals surface area contributed by atoms with Gasteiger partial charge in [-0.05, 0) is 30.9 Å². The summed E-state index contributed by atoms with van der Waals surface area (Å²) in [6.07, 6.45) is 3.43. The van der Waals surface area contributed by atoms with E-state index in [2.05, 4.69) is 16.0 Å². The zero-order chi connectivity index (χ0) is 17.6. The van der Waals surface area contributed by atoms with Crippen LogP contribution in [0.1, 0.15) is 29.6 Å². The predicted octanol–water partition coefficient (Wildman–Crippen LogP) is 1.86. The van der Waals surface area contributed by atoms with Crippen molar-refractivity contribution in [1.29, 1.82) is 0 Å². The summed E-state index contributed by atoms with van der Waals surface area (Å²) in [6.45, 7) is 3.28. The van der Waals surface area contributed by atoms with Crippen LogP contribution in [0.3, 0.4) is 0 Å². The van der Waals surface area contributed by atoms with Crippen molar-refractivity contribution < 1.29 is 18.3 Å². The highest BCUT2D eigenvalue weighted by molar-refractivity contribution is 5.94. The van der Waals surface area contributed by atoms with Crippen LogP contribution < -0.4 is 16.0 Å². The van der Waals surface area contributed by atoms with Gasteiger partial charge < -0.3 is 20.7 Å². The number of amides is 1. The highest BCUT2D eigenvalue weighted by Crippen LogP contribution is 2.29. The van der Waals surface area contributed by atoms with Gasteiger partial charge in [0.05, 0.1) is 13.2 Å². The minimum absolute atomic E-state index is 0. The first-order valence-electron chi connectivity index (χ1n) is 8.93. The van der Waals surface area contributed by atoms with E-state index in [0.717, 1.165) is 44.7 Å². The Kier molecular flexibility index (Phi) is 8.21. The van der Waals surface area contributed by atoms with Crippen LogP contribution in [0, 0.1) is 17.6 Å². The SMILES string of the molecule is Cl.O=C(NCCNC1CCCC1C1COCCN1)c1c(F)cccc1F. The van der Waals surface area contributed by atoms with Gasteiger partial charge in [-0.25, -0.2) is 8.78 Å². The van der Waals surface area contributed by atoms with E-state index in [-0.39, 0.29) is 12.4 Å². The fourth-order valence-corrected chi connectivity index (χ4v) is 3.82. The number of hydrogen-bond donors (Lipinski definition) is 3. The molecule has 1 saturated carbocycles. The van der Waals surface area contributed by atoms with E-state index in [1.807, 2.05) is 0 Å². The van der Waals surface area contributed by atoms with Crippen molar-refractivity contribution in [1.82, 2.24) is 16.0 Å². The number of carbonyl (C=O) groups is 1. The molecular weight excluding hydrogens is 364 g/mol. The number of nitrogens with one attached hydrogen (secondary N) is 3. The zero-order valence-electron chi connectivity index (χ0n) is 14.6. The van der Waals surface area contributed by atoms with Crippen LogP contribution in [0.5, 0.6) is 0 Å². The van der Waals surface area contributed by atoms with Crippen molar-refractivity contribution >= 4 is 18.3 Å². The number of ether oxygens (including phenoxy) is 1. The molecule has 1 saturated heterocycles. The lowest BCUT2D eigenvalue weighted by atomic mass is 9.94. The maximum atomic E-state index is 13.6. The Balaban J connectivity index is 0.00000243. The average molecular weight is 390 g/mol. The highest BCUT2D eigenvalue weighted by Gasteiger charge is 2.34. The first-order valence-corrected chi connectivity index (χ1v) is 8.93. The van der Waals surface area contributed by atoms with Gasteiger partial charge in [0, 0.05) is 31.7 Å². The van der Waals surface area contributed by atoms with Crippen LogP contribution in [0.4, 0.5) is 8.78 Å². The van der Waals surface area contributed by atoms with Gasteiger partial charge in [-0.2, -0.15) is 0 Å². The summed E-state index contributed by atoms with van der Waals surface area (Å²) in [6, 6.07) is 4.15. The molecule has 5 nitrogen and oxygen atoms in total. The van der Waals surface area contributed by atoms with E-state index in [1.165, 1.54) is 12.5 Å². The average Bonchev–Trinajstić information content (AvgIpc) is 3.08. The van der Waals surface area contributed by atoms with Gasteiger partial charge in [0.1, 0.15) is 17.2 Å². The molecule has 3 rings (SSSR count). The topological polar surface area (TPSA) is 62.4 Å². The van der Waals surface area contributed by atoms with Crippen molar-refractivity contribution in [3.8, 4) is 0 Å². The second-order valence-electron chi connectivity index (χ2n) is 6.64. The molecule has 3 unspecified atom stereocenters. The third-order valence-corrected chi connectivity index (χ3v) is 5.04. The predicted molar refractivity (Wildman–Crippen MR) is 97.7 cm³/mol. The minimum Gasteiger partial charge on any atom is -0.379 e. The Bertz CT molecular complexity index is 580. The maximum Gasteiger partial charge on any atom is 0.257 e. The Morgan fingerprint density at radius 1 is 1.23 bits per heavy atom. The molecule has 0 spiro atoms. The number of morpholine rings is 1. The Morgan fingerprint density at radius 3 is 2.69 bits per heavy atom. The summed E-state index contributed by atoms with van der Waals surface area (Å²) >= 11 is 0. The number of benzene rings is 1. The lowest BCUT2D eigenvalue weighted by molar-refractivity contribution is 0.0526. The van der Waals surface area contributed by atoms with Crippen molar-refractivity contribution in [3.05, 3.63) is 35.4 Å². The monoisotopic (exact) mass is 389 g/mol. The summed E-state index contributed by atoms with van der Waals surface area (Å²) in [7, 11) is 0. The lowest BCUT2D eigenvalue weighted by Crippen LogP contribution is -2.51. The summed E-state index contributed by atoms with van der Waals surface area (Å²) in [4.78, 5) is 11.9. The van der Waals surface area contributed by atoms with E-state index in [9.17, 15) is 13.6 Å². The molecule has 2 aliphatic rings. The highest BCUT2D eigenvalue weighted by atomic mass is 35.5. The fraction of sp³-hybridized carbons (Fsp3) is 0.611. The molecule has 1 aromatic carbocycles. The first kappa shape index (κ1) is 21.0. The quantitative estimate of drug-likeness (QED) is 0.650. The number of halogens is 3. The van der Waals surface area contributed by atoms with Crippen LogP contribution in [0.2, 0.25) is 0 Å². The number of carbonyl (C=O) groups excluding carboxylic acids is 1. The Morgan fingerprint density at radius 2 is 2.00 bits per heavy atom. The van der Waals surface area contributed by atoms with Crippen LogP contribution >= 0.6 is 12.4 Å². The molecular formula is C18H26ClF2N3O2. The normalized spacial score (nSPS) is 25.5. The number of hydrogen-bond acceptors (Lipinski definition) is 4. The summed E-state index contributed by atoms with van der Waals surface area (Å²) in [5, 5.41) is 9.56. The zero-order valence-corrected chi connectivity index (χ0v) is 15.4. The van der Waals surface area contributed by atoms with E-state index in [4.69, 9.17) is 4.74 Å². The molecule has 1 aliphatic heterocycles. The molecule has 1 aliphatic carbocycles. The number of rotatable bonds is 6. The molecule has 0 radical (unpaired) electrons. The van der Waals surface area contributed by atoms with Gasteiger partial charge in [0.15, 0.2) is 0 Å². The Labute approximate surface area is 158 Å². The van der Waals surface area contributed by atoms with Gasteiger partial charge in [0.2, 0.25) is 0 Å².